The van der Waals surface area contributed by atoms with Crippen LogP contribution in [0.1, 0.15) is 26.3 Å². The summed E-state index contributed by atoms with van der Waals surface area (Å²) >= 11 is 0. The Labute approximate surface area is 87.1 Å². The van der Waals surface area contributed by atoms with Crippen molar-refractivity contribution in [3.63, 3.8) is 0 Å². The molecule has 0 radical (unpaired) electrons. The van der Waals surface area contributed by atoms with Crippen LogP contribution in [-0.2, 0) is 0 Å². The SMILES string of the molecule is CN.Cc1cc(C(=O)O)ccc1C(=O)O. The van der Waals surface area contributed by atoms with Gasteiger partial charge in [-0.2, -0.15) is 0 Å². The van der Waals surface area contributed by atoms with E-state index in [-0.39, 0.29) is 11.1 Å². The van der Waals surface area contributed by atoms with E-state index in [0.717, 1.165) is 0 Å². The van der Waals surface area contributed by atoms with Crippen molar-refractivity contribution in [3.05, 3.63) is 34.9 Å². The number of hydrogen-bond donors (Lipinski definition) is 3. The average molecular weight is 211 g/mol. The number of aryl methyl sites for hydroxylation is 1. The van der Waals surface area contributed by atoms with Gasteiger partial charge in [0.15, 0.2) is 0 Å². The molecule has 0 spiro atoms. The standard InChI is InChI=1S/C9H8O4.CH5N/c1-5-4-6(8(10)11)2-3-7(5)9(12)13;1-2/h2-4H,1H3,(H,10,11)(H,12,13);2H2,1H3. The topological polar surface area (TPSA) is 101 Å². The lowest BCUT2D eigenvalue weighted by Crippen LogP contribution is -2.03. The molecule has 0 unspecified atom stereocenters. The van der Waals surface area contributed by atoms with E-state index < -0.39 is 11.9 Å². The van der Waals surface area contributed by atoms with E-state index in [1.807, 2.05) is 0 Å². The lowest BCUT2D eigenvalue weighted by Gasteiger charge is -2.01. The molecule has 0 saturated carbocycles. The zero-order valence-electron chi connectivity index (χ0n) is 8.52. The second-order valence-electron chi connectivity index (χ2n) is 2.64. The van der Waals surface area contributed by atoms with Gasteiger partial charge in [-0.25, -0.2) is 9.59 Å². The summed E-state index contributed by atoms with van der Waals surface area (Å²) in [6.45, 7) is 1.57. The third-order valence-electron chi connectivity index (χ3n) is 1.70. The summed E-state index contributed by atoms with van der Waals surface area (Å²) < 4.78 is 0. The number of carbonyl (C=O) groups is 2. The van der Waals surface area contributed by atoms with Crippen LogP contribution in [0, 0.1) is 6.92 Å². The van der Waals surface area contributed by atoms with Gasteiger partial charge < -0.3 is 15.9 Å². The fourth-order valence-corrected chi connectivity index (χ4v) is 1.04. The number of benzene rings is 1. The number of carboxylic acids is 2. The van der Waals surface area contributed by atoms with Crippen LogP contribution in [0.15, 0.2) is 18.2 Å². The Morgan fingerprint density at radius 3 is 2.00 bits per heavy atom. The molecule has 1 aromatic rings. The first-order valence-corrected chi connectivity index (χ1v) is 4.17. The van der Waals surface area contributed by atoms with Crippen LogP contribution in [0.2, 0.25) is 0 Å². The van der Waals surface area contributed by atoms with E-state index in [9.17, 15) is 9.59 Å². The van der Waals surface area contributed by atoms with Crippen molar-refractivity contribution >= 4 is 11.9 Å². The molecular weight excluding hydrogens is 198 g/mol. The predicted molar refractivity (Wildman–Crippen MR) is 55.2 cm³/mol. The highest BCUT2D eigenvalue weighted by atomic mass is 16.4. The fraction of sp³-hybridized carbons (Fsp3) is 0.200. The Hall–Kier alpha value is -1.88. The number of carboxylic acid groups (broad SMARTS) is 2. The van der Waals surface area contributed by atoms with Gasteiger partial charge in [0.05, 0.1) is 11.1 Å². The molecule has 0 heterocycles. The summed E-state index contributed by atoms with van der Waals surface area (Å²) in [5, 5.41) is 17.2. The van der Waals surface area contributed by atoms with Crippen molar-refractivity contribution in [2.75, 3.05) is 7.05 Å². The highest BCUT2D eigenvalue weighted by molar-refractivity contribution is 5.93. The summed E-state index contributed by atoms with van der Waals surface area (Å²) in [6.07, 6.45) is 0. The second-order valence-corrected chi connectivity index (χ2v) is 2.64. The van der Waals surface area contributed by atoms with Crippen LogP contribution < -0.4 is 5.73 Å². The van der Waals surface area contributed by atoms with Crippen LogP contribution >= 0.6 is 0 Å². The summed E-state index contributed by atoms with van der Waals surface area (Å²) in [5.74, 6) is -2.10. The van der Waals surface area contributed by atoms with Crippen LogP contribution in [0.3, 0.4) is 0 Å². The van der Waals surface area contributed by atoms with E-state index in [2.05, 4.69) is 5.73 Å². The molecule has 5 heteroatoms. The summed E-state index contributed by atoms with van der Waals surface area (Å²) in [4.78, 5) is 21.0. The molecule has 1 aromatic carbocycles. The Bertz CT molecular complexity index is 374. The van der Waals surface area contributed by atoms with Crippen molar-refractivity contribution in [2.45, 2.75) is 6.92 Å². The van der Waals surface area contributed by atoms with Gasteiger partial charge in [0, 0.05) is 0 Å². The molecule has 0 fully saturated rings. The smallest absolute Gasteiger partial charge is 0.335 e. The lowest BCUT2D eigenvalue weighted by atomic mass is 10.1. The first-order valence-electron chi connectivity index (χ1n) is 4.17. The maximum Gasteiger partial charge on any atom is 0.335 e. The van der Waals surface area contributed by atoms with Gasteiger partial charge in [-0.15, -0.1) is 0 Å². The maximum atomic E-state index is 10.6. The van der Waals surface area contributed by atoms with Gasteiger partial charge in [-0.3, -0.25) is 0 Å². The Balaban J connectivity index is 0.000000921. The molecule has 0 saturated heterocycles. The average Bonchev–Trinajstić information content (AvgIpc) is 2.20. The largest absolute Gasteiger partial charge is 0.478 e. The van der Waals surface area contributed by atoms with Crippen molar-refractivity contribution in [3.8, 4) is 0 Å². The van der Waals surface area contributed by atoms with Gasteiger partial charge in [-0.1, -0.05) is 0 Å². The van der Waals surface area contributed by atoms with E-state index >= 15 is 0 Å². The summed E-state index contributed by atoms with van der Waals surface area (Å²) in [7, 11) is 1.50. The van der Waals surface area contributed by atoms with Crippen molar-refractivity contribution < 1.29 is 19.8 Å². The molecule has 0 aliphatic heterocycles. The summed E-state index contributed by atoms with van der Waals surface area (Å²) in [5.41, 5.74) is 5.18. The second kappa shape index (κ2) is 5.77. The third-order valence-corrected chi connectivity index (χ3v) is 1.70. The first kappa shape index (κ1) is 13.1. The van der Waals surface area contributed by atoms with Gasteiger partial charge in [0.25, 0.3) is 0 Å². The van der Waals surface area contributed by atoms with E-state index in [1.165, 1.54) is 25.2 Å². The maximum absolute atomic E-state index is 10.6. The zero-order chi connectivity index (χ0) is 12.0. The minimum atomic E-state index is -1.06. The quantitative estimate of drug-likeness (QED) is 0.676. The van der Waals surface area contributed by atoms with Gasteiger partial charge in [0.1, 0.15) is 0 Å². The van der Waals surface area contributed by atoms with Gasteiger partial charge in [-0.05, 0) is 37.7 Å². The highest BCUT2D eigenvalue weighted by Crippen LogP contribution is 2.10. The first-order chi connectivity index (χ1) is 7.02. The molecule has 15 heavy (non-hydrogen) atoms. The van der Waals surface area contributed by atoms with E-state index in [0.29, 0.717) is 5.56 Å². The summed E-state index contributed by atoms with van der Waals surface area (Å²) in [6, 6.07) is 3.91. The molecule has 0 aliphatic rings. The number of nitrogens with two attached hydrogens (primary N) is 1. The normalized spacial score (nSPS) is 8.73. The van der Waals surface area contributed by atoms with E-state index in [4.69, 9.17) is 10.2 Å². The van der Waals surface area contributed by atoms with Crippen molar-refractivity contribution in [2.24, 2.45) is 5.73 Å². The van der Waals surface area contributed by atoms with Crippen LogP contribution in [0.4, 0.5) is 0 Å². The monoisotopic (exact) mass is 211 g/mol. The predicted octanol–water partition coefficient (Wildman–Crippen LogP) is 0.966. The number of aromatic carboxylic acids is 2. The minimum absolute atomic E-state index is 0.0995. The molecule has 82 valence electrons. The minimum Gasteiger partial charge on any atom is -0.478 e. The molecule has 0 bridgehead atoms. The molecule has 4 N–H and O–H groups in total. The molecule has 0 atom stereocenters. The van der Waals surface area contributed by atoms with Gasteiger partial charge >= 0.3 is 11.9 Å². The molecule has 0 aliphatic carbocycles. The molecular formula is C10H13NO4. The Morgan fingerprint density at radius 1 is 1.13 bits per heavy atom. The van der Waals surface area contributed by atoms with Crippen LogP contribution in [-0.4, -0.2) is 29.2 Å². The molecule has 0 amide bonds. The lowest BCUT2D eigenvalue weighted by molar-refractivity contribution is 0.0680. The van der Waals surface area contributed by atoms with E-state index in [1.54, 1.807) is 6.92 Å². The Morgan fingerprint density at radius 2 is 1.67 bits per heavy atom. The highest BCUT2D eigenvalue weighted by Gasteiger charge is 2.09. The van der Waals surface area contributed by atoms with Crippen molar-refractivity contribution in [1.29, 1.82) is 0 Å². The Kier molecular flexibility index (Phi) is 5.04. The molecule has 0 aromatic heterocycles. The van der Waals surface area contributed by atoms with Crippen LogP contribution in [0.5, 0.6) is 0 Å². The molecule has 5 nitrogen and oxygen atoms in total. The van der Waals surface area contributed by atoms with Crippen LogP contribution in [0.25, 0.3) is 0 Å². The number of hydrogen-bond acceptors (Lipinski definition) is 3. The van der Waals surface area contributed by atoms with Crippen molar-refractivity contribution in [1.82, 2.24) is 0 Å². The fourth-order valence-electron chi connectivity index (χ4n) is 1.04. The zero-order valence-corrected chi connectivity index (χ0v) is 8.52. The number of rotatable bonds is 2. The van der Waals surface area contributed by atoms with Gasteiger partial charge in [0.2, 0.25) is 0 Å². The third kappa shape index (κ3) is 3.40. The molecule has 1 rings (SSSR count).